The Balaban J connectivity index is 3.64. The second-order valence-corrected chi connectivity index (χ2v) is 13.7. The van der Waals surface area contributed by atoms with Crippen LogP contribution in [0.1, 0.15) is 194 Å². The average molecular weight is 699 g/mol. The molecule has 1 atom stereocenters. The Hall–Kier alpha value is -2.40. The molecule has 0 spiro atoms. The van der Waals surface area contributed by atoms with Crippen LogP contribution in [0.2, 0.25) is 0 Å². The highest BCUT2D eigenvalue weighted by molar-refractivity contribution is 5.70. The van der Waals surface area contributed by atoms with E-state index in [4.69, 9.17) is 9.47 Å². The van der Waals surface area contributed by atoms with E-state index in [1.54, 1.807) is 0 Å². The van der Waals surface area contributed by atoms with Gasteiger partial charge in [0, 0.05) is 12.8 Å². The van der Waals surface area contributed by atoms with Crippen LogP contribution in [0.4, 0.5) is 0 Å². The normalized spacial score (nSPS) is 12.8. The standard InChI is InChI=1S/C45H78O5/c1-3-5-7-9-11-13-15-17-19-21-22-24-26-28-30-32-34-36-38-40-45(48)50-43(41-46)42-49-44(47)39-37-35-33-31-29-27-25-23-20-18-16-14-12-10-8-6-4-2/h12,14,17-20,25,27,31,33,43,46H,3-11,13,15-16,21-24,26,28-30,32,34-42H2,1-2H3/b14-12-,19-17-,20-18-,27-25-,33-31-/t43-/m0/s1. The molecule has 1 N–H and O–H groups in total. The molecular formula is C45H78O5. The van der Waals surface area contributed by atoms with Crippen LogP contribution in [-0.2, 0) is 19.1 Å². The van der Waals surface area contributed by atoms with Crippen molar-refractivity contribution >= 4 is 11.9 Å². The number of rotatable bonds is 37. The number of aliphatic hydroxyl groups is 1. The van der Waals surface area contributed by atoms with Gasteiger partial charge in [-0.25, -0.2) is 0 Å². The summed E-state index contributed by atoms with van der Waals surface area (Å²) >= 11 is 0. The van der Waals surface area contributed by atoms with Crippen LogP contribution in [0.15, 0.2) is 60.8 Å². The van der Waals surface area contributed by atoms with E-state index in [0.29, 0.717) is 19.3 Å². The maximum atomic E-state index is 12.2. The first-order valence-electron chi connectivity index (χ1n) is 20.8. The molecule has 0 bridgehead atoms. The molecule has 5 heteroatoms. The Morgan fingerprint density at radius 1 is 0.460 bits per heavy atom. The van der Waals surface area contributed by atoms with Crippen molar-refractivity contribution in [3.05, 3.63) is 60.8 Å². The van der Waals surface area contributed by atoms with E-state index in [2.05, 4.69) is 74.6 Å². The van der Waals surface area contributed by atoms with Crippen LogP contribution in [0.5, 0.6) is 0 Å². The predicted octanol–water partition coefficient (Wildman–Crippen LogP) is 13.2. The predicted molar refractivity (Wildman–Crippen MR) is 214 cm³/mol. The zero-order chi connectivity index (χ0) is 36.4. The maximum absolute atomic E-state index is 12.2. The quantitative estimate of drug-likeness (QED) is 0.0397. The highest BCUT2D eigenvalue weighted by Gasteiger charge is 2.16. The summed E-state index contributed by atoms with van der Waals surface area (Å²) in [6.45, 7) is 4.05. The lowest BCUT2D eigenvalue weighted by Gasteiger charge is -2.15. The van der Waals surface area contributed by atoms with Crippen LogP contribution < -0.4 is 0 Å². The van der Waals surface area contributed by atoms with Gasteiger partial charge in [-0.1, -0.05) is 164 Å². The van der Waals surface area contributed by atoms with E-state index in [0.717, 1.165) is 44.9 Å². The molecule has 0 aromatic heterocycles. The first kappa shape index (κ1) is 47.6. The molecular weight excluding hydrogens is 620 g/mol. The number of ether oxygens (including phenoxy) is 2. The van der Waals surface area contributed by atoms with E-state index >= 15 is 0 Å². The smallest absolute Gasteiger partial charge is 0.306 e. The number of allylic oxidation sites excluding steroid dienone is 10. The van der Waals surface area contributed by atoms with Gasteiger partial charge in [0.25, 0.3) is 0 Å². The van der Waals surface area contributed by atoms with Gasteiger partial charge < -0.3 is 14.6 Å². The molecule has 0 saturated carbocycles. The molecule has 0 saturated heterocycles. The van der Waals surface area contributed by atoms with Gasteiger partial charge in [-0.15, -0.1) is 0 Å². The van der Waals surface area contributed by atoms with Crippen molar-refractivity contribution in [2.75, 3.05) is 13.2 Å². The second kappa shape index (κ2) is 41.0. The van der Waals surface area contributed by atoms with Crippen molar-refractivity contribution in [3.8, 4) is 0 Å². The van der Waals surface area contributed by atoms with Gasteiger partial charge in [0.15, 0.2) is 6.10 Å². The minimum atomic E-state index is -0.796. The lowest BCUT2D eigenvalue weighted by Crippen LogP contribution is -2.28. The molecule has 5 nitrogen and oxygen atoms in total. The van der Waals surface area contributed by atoms with Crippen molar-refractivity contribution in [2.24, 2.45) is 0 Å². The number of carbonyl (C=O) groups is 2. The van der Waals surface area contributed by atoms with E-state index < -0.39 is 6.10 Å². The molecule has 0 rings (SSSR count). The second-order valence-electron chi connectivity index (χ2n) is 13.7. The molecule has 0 aromatic carbocycles. The number of hydrogen-bond acceptors (Lipinski definition) is 5. The van der Waals surface area contributed by atoms with E-state index in [1.165, 1.54) is 116 Å². The first-order valence-corrected chi connectivity index (χ1v) is 20.8. The summed E-state index contributed by atoms with van der Waals surface area (Å²) in [5.41, 5.74) is 0. The Kier molecular flexibility index (Phi) is 39.1. The van der Waals surface area contributed by atoms with Crippen molar-refractivity contribution in [1.82, 2.24) is 0 Å². The Morgan fingerprint density at radius 2 is 0.820 bits per heavy atom. The summed E-state index contributed by atoms with van der Waals surface area (Å²) in [4.78, 5) is 24.3. The summed E-state index contributed by atoms with van der Waals surface area (Å²) in [5, 5.41) is 9.56. The van der Waals surface area contributed by atoms with Crippen LogP contribution in [0, 0.1) is 0 Å². The third-order valence-electron chi connectivity index (χ3n) is 8.78. The minimum Gasteiger partial charge on any atom is -0.462 e. The highest BCUT2D eigenvalue weighted by Crippen LogP contribution is 2.13. The fraction of sp³-hybridized carbons (Fsp3) is 0.733. The van der Waals surface area contributed by atoms with Crippen LogP contribution >= 0.6 is 0 Å². The number of esters is 2. The van der Waals surface area contributed by atoms with E-state index in [9.17, 15) is 14.7 Å². The van der Waals surface area contributed by atoms with Gasteiger partial charge in [-0.05, 0) is 77.0 Å². The topological polar surface area (TPSA) is 72.8 Å². The summed E-state index contributed by atoms with van der Waals surface area (Å²) < 4.78 is 10.6. The van der Waals surface area contributed by atoms with Crippen molar-refractivity contribution in [2.45, 2.75) is 200 Å². The summed E-state index contributed by atoms with van der Waals surface area (Å²) in [5.74, 6) is -0.660. The van der Waals surface area contributed by atoms with Gasteiger partial charge in [-0.3, -0.25) is 9.59 Å². The minimum absolute atomic E-state index is 0.0963. The molecule has 0 radical (unpaired) electrons. The number of carbonyl (C=O) groups excluding carboxylic acids is 2. The van der Waals surface area contributed by atoms with Gasteiger partial charge >= 0.3 is 11.9 Å². The fourth-order valence-corrected chi connectivity index (χ4v) is 5.60. The van der Waals surface area contributed by atoms with Crippen LogP contribution in [-0.4, -0.2) is 36.4 Å². The average Bonchev–Trinajstić information content (AvgIpc) is 3.12. The molecule has 0 aliphatic carbocycles. The van der Waals surface area contributed by atoms with Gasteiger partial charge in [0.2, 0.25) is 0 Å². The Labute approximate surface area is 309 Å². The first-order chi connectivity index (χ1) is 24.6. The third-order valence-corrected chi connectivity index (χ3v) is 8.78. The molecule has 0 aliphatic rings. The summed E-state index contributed by atoms with van der Waals surface area (Å²) in [7, 11) is 0. The van der Waals surface area contributed by atoms with Gasteiger partial charge in [0.05, 0.1) is 6.61 Å². The largest absolute Gasteiger partial charge is 0.462 e. The van der Waals surface area contributed by atoms with Gasteiger partial charge in [0.1, 0.15) is 6.61 Å². The number of hydrogen-bond donors (Lipinski definition) is 1. The monoisotopic (exact) mass is 699 g/mol. The zero-order valence-corrected chi connectivity index (χ0v) is 32.6. The zero-order valence-electron chi connectivity index (χ0n) is 32.6. The molecule has 288 valence electrons. The van der Waals surface area contributed by atoms with Crippen molar-refractivity contribution in [1.29, 1.82) is 0 Å². The molecule has 50 heavy (non-hydrogen) atoms. The molecule has 0 heterocycles. The lowest BCUT2D eigenvalue weighted by molar-refractivity contribution is -0.161. The molecule has 0 aliphatic heterocycles. The van der Waals surface area contributed by atoms with E-state index in [1.807, 2.05) is 0 Å². The molecule has 0 aromatic rings. The number of unbranched alkanes of at least 4 members (excludes halogenated alkanes) is 19. The Morgan fingerprint density at radius 3 is 1.32 bits per heavy atom. The van der Waals surface area contributed by atoms with Crippen LogP contribution in [0.25, 0.3) is 0 Å². The highest BCUT2D eigenvalue weighted by atomic mass is 16.6. The maximum Gasteiger partial charge on any atom is 0.306 e. The number of aliphatic hydroxyl groups excluding tert-OH is 1. The SMILES string of the molecule is CCCCC/C=C\C/C=C\C/C=C\C/C=C\CCCC(=O)OC[C@H](CO)OC(=O)CCCCCCCCCCC/C=C\CCCCCCCC. The third kappa shape index (κ3) is 38.4. The summed E-state index contributed by atoms with van der Waals surface area (Å²) in [6, 6.07) is 0. The van der Waals surface area contributed by atoms with E-state index in [-0.39, 0.29) is 25.2 Å². The molecule has 0 fully saturated rings. The van der Waals surface area contributed by atoms with Gasteiger partial charge in [-0.2, -0.15) is 0 Å². The lowest BCUT2D eigenvalue weighted by atomic mass is 10.1. The van der Waals surface area contributed by atoms with Crippen molar-refractivity contribution in [3.63, 3.8) is 0 Å². The van der Waals surface area contributed by atoms with Crippen molar-refractivity contribution < 1.29 is 24.2 Å². The fourth-order valence-electron chi connectivity index (χ4n) is 5.60. The summed E-state index contributed by atoms with van der Waals surface area (Å²) in [6.07, 6.45) is 52.9. The molecule has 0 amide bonds. The molecule has 0 unspecified atom stereocenters. The Bertz CT molecular complexity index is 884. The van der Waals surface area contributed by atoms with Crippen LogP contribution in [0.3, 0.4) is 0 Å².